The molecule has 1 saturated carbocycles. The zero-order valence-corrected chi connectivity index (χ0v) is 13.4. The van der Waals surface area contributed by atoms with Crippen LogP contribution in [0, 0.1) is 11.3 Å². The molecule has 1 amide bonds. The Kier molecular flexibility index (Phi) is 4.86. The Balaban J connectivity index is 2.38. The first kappa shape index (κ1) is 15.4. The summed E-state index contributed by atoms with van der Waals surface area (Å²) < 4.78 is 11.3. The second-order valence-electron chi connectivity index (χ2n) is 4.65. The fourth-order valence-corrected chi connectivity index (χ4v) is 2.32. The van der Waals surface area contributed by atoms with E-state index in [9.17, 15) is 10.1 Å². The van der Waals surface area contributed by atoms with Crippen LogP contribution >= 0.6 is 15.9 Å². The number of nitrogens with one attached hydrogen (secondary N) is 1. The number of rotatable bonds is 5. The molecule has 5 nitrogen and oxygen atoms in total. The summed E-state index contributed by atoms with van der Waals surface area (Å²) >= 11 is 3.37. The number of halogens is 1. The molecule has 21 heavy (non-hydrogen) atoms. The van der Waals surface area contributed by atoms with Crippen LogP contribution in [0.25, 0.3) is 6.08 Å². The molecule has 0 aliphatic heterocycles. The van der Waals surface area contributed by atoms with Gasteiger partial charge in [-0.25, -0.2) is 0 Å². The summed E-state index contributed by atoms with van der Waals surface area (Å²) in [7, 11) is 3.04. The van der Waals surface area contributed by atoms with Crippen LogP contribution in [0.15, 0.2) is 22.2 Å². The monoisotopic (exact) mass is 350 g/mol. The van der Waals surface area contributed by atoms with Crippen LogP contribution in [0.2, 0.25) is 0 Å². The molecule has 0 aromatic heterocycles. The van der Waals surface area contributed by atoms with Crippen molar-refractivity contribution >= 4 is 27.9 Å². The van der Waals surface area contributed by atoms with Crippen LogP contribution < -0.4 is 14.8 Å². The highest BCUT2D eigenvalue weighted by Gasteiger charge is 2.25. The maximum Gasteiger partial charge on any atom is 0.262 e. The van der Waals surface area contributed by atoms with E-state index in [0.717, 1.165) is 17.3 Å². The third kappa shape index (κ3) is 3.76. The Bertz CT molecular complexity index is 631. The van der Waals surface area contributed by atoms with Crippen molar-refractivity contribution in [1.29, 1.82) is 5.26 Å². The van der Waals surface area contributed by atoms with Crippen LogP contribution in [0.3, 0.4) is 0 Å². The molecule has 1 aromatic rings. The van der Waals surface area contributed by atoms with Gasteiger partial charge in [0.2, 0.25) is 0 Å². The lowest BCUT2D eigenvalue weighted by Crippen LogP contribution is -2.26. The quantitative estimate of drug-likeness (QED) is 0.654. The number of carbonyl (C=O) groups is 1. The van der Waals surface area contributed by atoms with Gasteiger partial charge in [0, 0.05) is 16.1 Å². The van der Waals surface area contributed by atoms with E-state index in [1.54, 1.807) is 12.1 Å². The lowest BCUT2D eigenvalue weighted by Gasteiger charge is -2.11. The van der Waals surface area contributed by atoms with Crippen LogP contribution in [-0.2, 0) is 4.79 Å². The predicted octanol–water partition coefficient (Wildman–Crippen LogP) is 2.65. The van der Waals surface area contributed by atoms with Crippen LogP contribution in [-0.4, -0.2) is 26.2 Å². The van der Waals surface area contributed by atoms with E-state index in [-0.39, 0.29) is 17.5 Å². The average molecular weight is 351 g/mol. The van der Waals surface area contributed by atoms with Gasteiger partial charge in [-0.3, -0.25) is 4.79 Å². The van der Waals surface area contributed by atoms with Crippen molar-refractivity contribution in [2.75, 3.05) is 14.2 Å². The Hall–Kier alpha value is -2.00. The molecule has 1 N–H and O–H groups in total. The van der Waals surface area contributed by atoms with Crippen LogP contribution in [0.5, 0.6) is 11.5 Å². The molecule has 0 atom stereocenters. The first-order valence-corrected chi connectivity index (χ1v) is 7.22. The average Bonchev–Trinajstić information content (AvgIpc) is 3.27. The number of nitrogens with zero attached hydrogens (tertiary/aromatic N) is 1. The van der Waals surface area contributed by atoms with Crippen molar-refractivity contribution in [2.45, 2.75) is 18.9 Å². The predicted molar refractivity (Wildman–Crippen MR) is 82.0 cm³/mol. The molecule has 1 aromatic carbocycles. The molecular formula is C15H15BrN2O3. The lowest BCUT2D eigenvalue weighted by atomic mass is 10.1. The number of ether oxygens (including phenoxy) is 2. The van der Waals surface area contributed by atoms with E-state index in [2.05, 4.69) is 21.2 Å². The van der Waals surface area contributed by atoms with Gasteiger partial charge in [-0.15, -0.1) is 0 Å². The SMILES string of the molecule is COc1cc(Br)cc(/C=C(/C#N)C(=O)NC2CC2)c1OC. The van der Waals surface area contributed by atoms with E-state index in [1.165, 1.54) is 20.3 Å². The standard InChI is InChI=1S/C15H15BrN2O3/c1-20-13-7-11(16)6-9(14(13)21-2)5-10(8-17)15(19)18-12-3-4-12/h5-7,12H,3-4H2,1-2H3,(H,18,19)/b10-5-. The third-order valence-corrected chi connectivity index (χ3v) is 3.51. The Morgan fingerprint density at radius 2 is 2.14 bits per heavy atom. The number of benzene rings is 1. The Morgan fingerprint density at radius 1 is 1.43 bits per heavy atom. The summed E-state index contributed by atoms with van der Waals surface area (Å²) in [5.74, 6) is 0.645. The van der Waals surface area contributed by atoms with Crippen molar-refractivity contribution in [3.63, 3.8) is 0 Å². The van der Waals surface area contributed by atoms with Gasteiger partial charge in [0.1, 0.15) is 11.6 Å². The van der Waals surface area contributed by atoms with Crippen molar-refractivity contribution < 1.29 is 14.3 Å². The van der Waals surface area contributed by atoms with E-state index in [1.807, 2.05) is 6.07 Å². The molecule has 1 aliphatic carbocycles. The van der Waals surface area contributed by atoms with Crippen LogP contribution in [0.1, 0.15) is 18.4 Å². The minimum Gasteiger partial charge on any atom is -0.493 e. The van der Waals surface area contributed by atoms with Crippen molar-refractivity contribution in [3.05, 3.63) is 27.7 Å². The molecule has 1 aliphatic rings. The smallest absolute Gasteiger partial charge is 0.262 e. The van der Waals surface area contributed by atoms with Gasteiger partial charge >= 0.3 is 0 Å². The summed E-state index contributed by atoms with van der Waals surface area (Å²) in [6, 6.07) is 5.65. The highest BCUT2D eigenvalue weighted by atomic mass is 79.9. The number of amides is 1. The summed E-state index contributed by atoms with van der Waals surface area (Å²) in [5, 5.41) is 12.0. The molecule has 0 heterocycles. The largest absolute Gasteiger partial charge is 0.493 e. The summed E-state index contributed by atoms with van der Waals surface area (Å²) in [5.41, 5.74) is 0.645. The van der Waals surface area contributed by atoms with Gasteiger partial charge in [0.25, 0.3) is 5.91 Å². The first-order chi connectivity index (χ1) is 10.1. The molecular weight excluding hydrogens is 336 g/mol. The Labute approximate surface area is 131 Å². The van der Waals surface area contributed by atoms with Crippen LogP contribution in [0.4, 0.5) is 0 Å². The fraction of sp³-hybridized carbons (Fsp3) is 0.333. The van der Waals surface area contributed by atoms with E-state index >= 15 is 0 Å². The minimum atomic E-state index is -0.360. The number of nitriles is 1. The second-order valence-corrected chi connectivity index (χ2v) is 5.56. The molecule has 2 rings (SSSR count). The number of hydrogen-bond acceptors (Lipinski definition) is 4. The van der Waals surface area contributed by atoms with Crippen molar-refractivity contribution in [3.8, 4) is 17.6 Å². The molecule has 0 bridgehead atoms. The Morgan fingerprint density at radius 3 is 2.67 bits per heavy atom. The number of hydrogen-bond donors (Lipinski definition) is 1. The summed E-state index contributed by atoms with van der Waals surface area (Å²) in [6.07, 6.45) is 3.45. The molecule has 0 spiro atoms. The van der Waals surface area contributed by atoms with Crippen molar-refractivity contribution in [1.82, 2.24) is 5.32 Å². The molecule has 110 valence electrons. The minimum absolute atomic E-state index is 0.0420. The van der Waals surface area contributed by atoms with Crippen molar-refractivity contribution in [2.24, 2.45) is 0 Å². The number of methoxy groups -OCH3 is 2. The fourth-order valence-electron chi connectivity index (χ4n) is 1.86. The van der Waals surface area contributed by atoms with Gasteiger partial charge in [-0.1, -0.05) is 15.9 Å². The maximum absolute atomic E-state index is 12.0. The van der Waals surface area contributed by atoms with Gasteiger partial charge < -0.3 is 14.8 Å². The highest BCUT2D eigenvalue weighted by molar-refractivity contribution is 9.10. The van der Waals surface area contributed by atoms with Gasteiger partial charge in [-0.2, -0.15) is 5.26 Å². The molecule has 0 unspecified atom stereocenters. The second kappa shape index (κ2) is 6.64. The molecule has 0 radical (unpaired) electrons. The van der Waals surface area contributed by atoms with Gasteiger partial charge in [0.05, 0.1) is 14.2 Å². The topological polar surface area (TPSA) is 71.3 Å². The maximum atomic E-state index is 12.0. The summed E-state index contributed by atoms with van der Waals surface area (Å²) in [6.45, 7) is 0. The van der Waals surface area contributed by atoms with E-state index in [0.29, 0.717) is 17.1 Å². The third-order valence-electron chi connectivity index (χ3n) is 3.05. The number of carbonyl (C=O) groups excluding carboxylic acids is 1. The zero-order valence-electron chi connectivity index (χ0n) is 11.8. The van der Waals surface area contributed by atoms with Gasteiger partial charge in [0.15, 0.2) is 11.5 Å². The zero-order chi connectivity index (χ0) is 15.4. The molecule has 1 fully saturated rings. The highest BCUT2D eigenvalue weighted by Crippen LogP contribution is 2.35. The van der Waals surface area contributed by atoms with Gasteiger partial charge in [-0.05, 0) is 31.1 Å². The molecule has 6 heteroatoms. The molecule has 0 saturated heterocycles. The van der Waals surface area contributed by atoms with E-state index in [4.69, 9.17) is 9.47 Å². The normalized spacial score (nSPS) is 14.3. The first-order valence-electron chi connectivity index (χ1n) is 6.43. The van der Waals surface area contributed by atoms with E-state index < -0.39 is 0 Å². The summed E-state index contributed by atoms with van der Waals surface area (Å²) in [4.78, 5) is 12.0. The lowest BCUT2D eigenvalue weighted by molar-refractivity contribution is -0.117.